The zero-order valence-corrected chi connectivity index (χ0v) is 17.8. The van der Waals surface area contributed by atoms with Crippen molar-refractivity contribution in [1.29, 1.82) is 0 Å². The molecule has 162 valence electrons. The fraction of sp³-hybridized carbons (Fsp3) is 0.739. The van der Waals surface area contributed by atoms with Crippen LogP contribution in [-0.2, 0) is 14.2 Å². The molecule has 4 fully saturated rings. The summed E-state index contributed by atoms with van der Waals surface area (Å²) in [7, 11) is 0. The van der Waals surface area contributed by atoms with Crippen molar-refractivity contribution in [1.82, 2.24) is 14.8 Å². The lowest BCUT2D eigenvalue weighted by molar-refractivity contribution is -0.0370. The maximum Gasteiger partial charge on any atom is 0.163 e. The van der Waals surface area contributed by atoms with E-state index in [1.54, 1.807) is 0 Å². The summed E-state index contributed by atoms with van der Waals surface area (Å²) in [5, 5.41) is 5.98. The van der Waals surface area contributed by atoms with Crippen molar-refractivity contribution in [2.24, 2.45) is 5.92 Å². The van der Waals surface area contributed by atoms with Gasteiger partial charge in [0.15, 0.2) is 11.9 Å². The van der Waals surface area contributed by atoms with Crippen LogP contribution in [0.3, 0.4) is 0 Å². The number of fused-ring (bicyclic) bond motifs is 3. The van der Waals surface area contributed by atoms with Crippen molar-refractivity contribution in [3.8, 4) is 0 Å². The molecule has 7 heteroatoms. The van der Waals surface area contributed by atoms with Gasteiger partial charge in [-0.25, -0.2) is 9.67 Å². The summed E-state index contributed by atoms with van der Waals surface area (Å²) in [6.07, 6.45) is 8.79. The molecule has 0 saturated carbocycles. The van der Waals surface area contributed by atoms with Gasteiger partial charge in [0.25, 0.3) is 0 Å². The van der Waals surface area contributed by atoms with Crippen LogP contribution in [0.4, 0.5) is 5.82 Å². The van der Waals surface area contributed by atoms with Crippen LogP contribution in [0.2, 0.25) is 0 Å². The summed E-state index contributed by atoms with van der Waals surface area (Å²) in [6, 6.07) is 3.24. The Morgan fingerprint density at radius 3 is 2.60 bits per heavy atom. The first kappa shape index (κ1) is 19.0. The van der Waals surface area contributed by atoms with E-state index in [0.29, 0.717) is 23.9 Å². The third kappa shape index (κ3) is 3.13. The highest BCUT2D eigenvalue weighted by Crippen LogP contribution is 2.41. The molecule has 6 heterocycles. The van der Waals surface area contributed by atoms with Crippen molar-refractivity contribution in [3.05, 3.63) is 17.8 Å². The standard InChI is InChI=1S/C23H32N4O3/c1-15-12-28-9-7-18(15)19-10-21(26-16-5-6-17(26)14-29-13-16)25-23-20(19)11-24-27(23)22-4-2-3-8-30-22/h10-11,15-18,22H,2-9,12-14H2,1H3. The van der Waals surface area contributed by atoms with Crippen molar-refractivity contribution in [2.45, 2.75) is 69.7 Å². The number of pyridine rings is 1. The minimum atomic E-state index is 0.000346. The van der Waals surface area contributed by atoms with E-state index >= 15 is 0 Å². The monoisotopic (exact) mass is 412 g/mol. The quantitative estimate of drug-likeness (QED) is 0.767. The lowest BCUT2D eigenvalue weighted by atomic mass is 9.83. The number of aromatic nitrogens is 3. The number of morpholine rings is 1. The molecule has 0 amide bonds. The number of rotatable bonds is 3. The van der Waals surface area contributed by atoms with Gasteiger partial charge in [0.1, 0.15) is 5.82 Å². The predicted molar refractivity (Wildman–Crippen MR) is 114 cm³/mol. The predicted octanol–water partition coefficient (Wildman–Crippen LogP) is 3.64. The summed E-state index contributed by atoms with van der Waals surface area (Å²) < 4.78 is 19.7. The smallest absolute Gasteiger partial charge is 0.163 e. The molecule has 0 aromatic carbocycles. The van der Waals surface area contributed by atoms with E-state index in [9.17, 15) is 0 Å². The van der Waals surface area contributed by atoms with Crippen LogP contribution in [0, 0.1) is 5.92 Å². The summed E-state index contributed by atoms with van der Waals surface area (Å²) in [4.78, 5) is 7.75. The van der Waals surface area contributed by atoms with Gasteiger partial charge < -0.3 is 19.1 Å². The van der Waals surface area contributed by atoms with E-state index < -0.39 is 0 Å². The SMILES string of the molecule is CC1COCCC1c1cc(N2C3CCC2COC3)nc2c1cnn2C1CCCCO1. The molecule has 0 spiro atoms. The van der Waals surface area contributed by atoms with Gasteiger partial charge in [0.2, 0.25) is 0 Å². The van der Waals surface area contributed by atoms with Gasteiger partial charge in [0, 0.05) is 25.2 Å². The van der Waals surface area contributed by atoms with E-state index in [4.69, 9.17) is 24.3 Å². The molecule has 0 N–H and O–H groups in total. The molecule has 4 aliphatic rings. The Morgan fingerprint density at radius 1 is 0.967 bits per heavy atom. The van der Waals surface area contributed by atoms with E-state index in [-0.39, 0.29) is 6.23 Å². The lowest BCUT2D eigenvalue weighted by Gasteiger charge is -2.37. The van der Waals surface area contributed by atoms with Crippen LogP contribution in [0.25, 0.3) is 11.0 Å². The van der Waals surface area contributed by atoms with Gasteiger partial charge in [-0.05, 0) is 62.0 Å². The Hall–Kier alpha value is -1.70. The fourth-order valence-electron chi connectivity index (χ4n) is 5.94. The van der Waals surface area contributed by atoms with Crippen LogP contribution in [0.5, 0.6) is 0 Å². The second-order valence-electron chi connectivity index (χ2n) is 9.49. The van der Waals surface area contributed by atoms with Crippen LogP contribution >= 0.6 is 0 Å². The number of nitrogens with zero attached hydrogens (tertiary/aromatic N) is 4. The van der Waals surface area contributed by atoms with Crippen molar-refractivity contribution in [2.75, 3.05) is 37.9 Å². The van der Waals surface area contributed by atoms with Gasteiger partial charge >= 0.3 is 0 Å². The van der Waals surface area contributed by atoms with Crippen LogP contribution in [0.15, 0.2) is 12.3 Å². The first-order valence-electron chi connectivity index (χ1n) is 11.7. The first-order chi connectivity index (χ1) is 14.8. The molecule has 0 aliphatic carbocycles. The van der Waals surface area contributed by atoms with E-state index in [1.807, 2.05) is 10.9 Å². The van der Waals surface area contributed by atoms with Gasteiger partial charge in [-0.15, -0.1) is 0 Å². The lowest BCUT2D eigenvalue weighted by Crippen LogP contribution is -2.46. The summed E-state index contributed by atoms with van der Waals surface area (Å²) in [6.45, 7) is 6.39. The molecule has 4 saturated heterocycles. The molecule has 4 aliphatic heterocycles. The highest BCUT2D eigenvalue weighted by atomic mass is 16.5. The summed E-state index contributed by atoms with van der Waals surface area (Å²) in [5.74, 6) is 2.07. The number of ether oxygens (including phenoxy) is 3. The Morgan fingerprint density at radius 2 is 1.83 bits per heavy atom. The molecule has 0 radical (unpaired) electrons. The van der Waals surface area contributed by atoms with Crippen molar-refractivity contribution in [3.63, 3.8) is 0 Å². The number of anilines is 1. The van der Waals surface area contributed by atoms with E-state index in [1.165, 1.54) is 30.2 Å². The third-order valence-electron chi connectivity index (χ3n) is 7.56. The molecule has 30 heavy (non-hydrogen) atoms. The van der Waals surface area contributed by atoms with Crippen LogP contribution < -0.4 is 4.90 Å². The molecule has 5 unspecified atom stereocenters. The van der Waals surface area contributed by atoms with Crippen LogP contribution in [-0.4, -0.2) is 59.9 Å². The van der Waals surface area contributed by atoms with Gasteiger partial charge in [-0.2, -0.15) is 5.10 Å². The zero-order valence-electron chi connectivity index (χ0n) is 17.8. The average molecular weight is 413 g/mol. The molecule has 2 bridgehead atoms. The molecule has 5 atom stereocenters. The van der Waals surface area contributed by atoms with Gasteiger partial charge in [-0.1, -0.05) is 6.92 Å². The molecule has 2 aromatic rings. The second kappa shape index (κ2) is 7.77. The maximum atomic E-state index is 6.08. The Kier molecular flexibility index (Phi) is 4.93. The maximum absolute atomic E-state index is 6.08. The van der Waals surface area contributed by atoms with Crippen LogP contribution in [0.1, 0.15) is 63.2 Å². The third-order valence-corrected chi connectivity index (χ3v) is 7.56. The minimum Gasteiger partial charge on any atom is -0.381 e. The van der Waals surface area contributed by atoms with Gasteiger partial charge in [-0.3, -0.25) is 0 Å². The number of hydrogen-bond donors (Lipinski definition) is 0. The van der Waals surface area contributed by atoms with Crippen molar-refractivity contribution >= 4 is 16.9 Å². The highest BCUT2D eigenvalue weighted by molar-refractivity contribution is 5.82. The molecule has 7 nitrogen and oxygen atoms in total. The summed E-state index contributed by atoms with van der Waals surface area (Å²) >= 11 is 0. The normalized spacial score (nSPS) is 34.6. The largest absolute Gasteiger partial charge is 0.381 e. The minimum absolute atomic E-state index is 0.000346. The first-order valence-corrected chi connectivity index (χ1v) is 11.7. The molecular weight excluding hydrogens is 380 g/mol. The highest BCUT2D eigenvalue weighted by Gasteiger charge is 2.39. The van der Waals surface area contributed by atoms with E-state index in [2.05, 4.69) is 17.9 Å². The zero-order chi connectivity index (χ0) is 20.1. The Balaban J connectivity index is 1.48. The Labute approximate surface area is 177 Å². The Bertz CT molecular complexity index is 893. The molecular formula is C23H32N4O3. The molecule has 6 rings (SSSR count). The van der Waals surface area contributed by atoms with Gasteiger partial charge in [0.05, 0.1) is 31.5 Å². The summed E-state index contributed by atoms with van der Waals surface area (Å²) in [5.41, 5.74) is 2.37. The average Bonchev–Trinajstić information content (AvgIpc) is 3.32. The molecule has 2 aromatic heterocycles. The van der Waals surface area contributed by atoms with Crippen molar-refractivity contribution < 1.29 is 14.2 Å². The van der Waals surface area contributed by atoms with E-state index in [0.717, 1.165) is 63.8 Å². The second-order valence-corrected chi connectivity index (χ2v) is 9.49. The topological polar surface area (TPSA) is 61.6 Å². The fourth-order valence-corrected chi connectivity index (χ4v) is 5.94. The number of hydrogen-bond acceptors (Lipinski definition) is 6.